The maximum atomic E-state index is 11.5. The minimum Gasteiger partial charge on any atom is -0.494 e. The third kappa shape index (κ3) is 1.73. The van der Waals surface area contributed by atoms with Gasteiger partial charge in [0.05, 0.1) is 6.61 Å². The average molecular weight is 218 g/mol. The summed E-state index contributed by atoms with van der Waals surface area (Å²) in [6.07, 6.45) is 0.669. The first kappa shape index (κ1) is 11.2. The smallest absolute Gasteiger partial charge is 0.139 e. The van der Waals surface area contributed by atoms with Gasteiger partial charge < -0.3 is 4.74 Å². The molecule has 2 rings (SSSR count). The van der Waals surface area contributed by atoms with Crippen molar-refractivity contribution in [1.29, 1.82) is 0 Å². The number of rotatable bonds is 3. The summed E-state index contributed by atoms with van der Waals surface area (Å²) in [5.41, 5.74) is 1.01. The zero-order chi connectivity index (χ0) is 11.8. The Hall–Kier alpha value is -1.31. The lowest BCUT2D eigenvalue weighted by molar-refractivity contribution is -0.137. The molecule has 1 aromatic carbocycles. The van der Waals surface area contributed by atoms with Gasteiger partial charge in [-0.1, -0.05) is 26.0 Å². The highest BCUT2D eigenvalue weighted by molar-refractivity contribution is 5.92. The Labute approximate surface area is 96.6 Å². The van der Waals surface area contributed by atoms with Crippen molar-refractivity contribution in [2.24, 2.45) is 5.41 Å². The van der Waals surface area contributed by atoms with Crippen LogP contribution in [0.15, 0.2) is 24.3 Å². The van der Waals surface area contributed by atoms with Gasteiger partial charge in [-0.25, -0.2) is 0 Å². The van der Waals surface area contributed by atoms with Crippen LogP contribution in [0.2, 0.25) is 0 Å². The van der Waals surface area contributed by atoms with Gasteiger partial charge >= 0.3 is 0 Å². The van der Waals surface area contributed by atoms with Crippen molar-refractivity contribution in [3.63, 3.8) is 0 Å². The highest BCUT2D eigenvalue weighted by Crippen LogP contribution is 2.49. The number of ketones is 1. The van der Waals surface area contributed by atoms with Crippen LogP contribution in [0.25, 0.3) is 0 Å². The van der Waals surface area contributed by atoms with Crippen molar-refractivity contribution in [3.8, 4) is 5.75 Å². The van der Waals surface area contributed by atoms with Gasteiger partial charge in [0.2, 0.25) is 0 Å². The summed E-state index contributed by atoms with van der Waals surface area (Å²) < 4.78 is 5.48. The molecule has 1 aromatic rings. The molecule has 1 aliphatic carbocycles. The molecule has 1 atom stereocenters. The third-order valence-corrected chi connectivity index (χ3v) is 3.55. The number of benzene rings is 1. The molecule has 2 heteroatoms. The van der Waals surface area contributed by atoms with Crippen LogP contribution in [0.3, 0.4) is 0 Å². The molecular formula is C14H18O2. The molecule has 86 valence electrons. The van der Waals surface area contributed by atoms with Crippen molar-refractivity contribution in [2.75, 3.05) is 6.61 Å². The molecule has 1 aliphatic rings. The largest absolute Gasteiger partial charge is 0.494 e. The molecule has 0 heterocycles. The lowest BCUT2D eigenvalue weighted by Gasteiger charge is -2.42. The molecule has 0 saturated heterocycles. The van der Waals surface area contributed by atoms with Crippen LogP contribution in [0.4, 0.5) is 0 Å². The highest BCUT2D eigenvalue weighted by atomic mass is 16.5. The maximum absolute atomic E-state index is 11.5. The molecule has 0 bridgehead atoms. The van der Waals surface area contributed by atoms with E-state index in [9.17, 15) is 4.79 Å². The summed E-state index contributed by atoms with van der Waals surface area (Å²) in [5, 5.41) is 0. The SMILES string of the molecule is CCOc1cccc(C2CC(=O)C2(C)C)c1. The lowest BCUT2D eigenvalue weighted by atomic mass is 9.59. The predicted octanol–water partition coefficient (Wildman–Crippen LogP) is 3.17. The van der Waals surface area contributed by atoms with Gasteiger partial charge in [0, 0.05) is 17.8 Å². The van der Waals surface area contributed by atoms with Gasteiger partial charge in [0.15, 0.2) is 0 Å². The van der Waals surface area contributed by atoms with Crippen LogP contribution in [0, 0.1) is 5.41 Å². The summed E-state index contributed by atoms with van der Waals surface area (Å²) in [5.74, 6) is 1.61. The fraction of sp³-hybridized carbons (Fsp3) is 0.500. The van der Waals surface area contributed by atoms with E-state index in [0.29, 0.717) is 24.7 Å². The van der Waals surface area contributed by atoms with Crippen molar-refractivity contribution < 1.29 is 9.53 Å². The van der Waals surface area contributed by atoms with Gasteiger partial charge in [-0.05, 0) is 24.6 Å². The van der Waals surface area contributed by atoms with Gasteiger partial charge in [0.1, 0.15) is 11.5 Å². The number of carbonyl (C=O) groups is 1. The Morgan fingerprint density at radius 1 is 1.44 bits per heavy atom. The Morgan fingerprint density at radius 3 is 2.75 bits per heavy atom. The fourth-order valence-electron chi connectivity index (χ4n) is 2.29. The Morgan fingerprint density at radius 2 is 2.19 bits per heavy atom. The molecule has 0 amide bonds. The Balaban J connectivity index is 2.22. The van der Waals surface area contributed by atoms with E-state index in [0.717, 1.165) is 5.75 Å². The first-order valence-corrected chi connectivity index (χ1v) is 5.81. The number of hydrogen-bond acceptors (Lipinski definition) is 2. The molecule has 0 spiro atoms. The number of carbonyl (C=O) groups excluding carboxylic acids is 1. The topological polar surface area (TPSA) is 26.3 Å². The second-order valence-corrected chi connectivity index (χ2v) is 4.91. The summed E-state index contributed by atoms with van der Waals surface area (Å²) in [4.78, 5) is 11.5. The van der Waals surface area contributed by atoms with E-state index in [1.807, 2.05) is 32.9 Å². The van der Waals surface area contributed by atoms with Crippen LogP contribution >= 0.6 is 0 Å². The van der Waals surface area contributed by atoms with Crippen molar-refractivity contribution in [2.45, 2.75) is 33.1 Å². The van der Waals surface area contributed by atoms with E-state index >= 15 is 0 Å². The summed E-state index contributed by atoms with van der Waals surface area (Å²) in [6, 6.07) is 8.10. The Bertz CT molecular complexity index is 407. The minimum atomic E-state index is -0.204. The first-order valence-electron chi connectivity index (χ1n) is 5.81. The van der Waals surface area contributed by atoms with Crippen LogP contribution in [-0.2, 0) is 4.79 Å². The van der Waals surface area contributed by atoms with E-state index in [-0.39, 0.29) is 5.41 Å². The van der Waals surface area contributed by atoms with Gasteiger partial charge in [-0.2, -0.15) is 0 Å². The zero-order valence-electron chi connectivity index (χ0n) is 10.1. The predicted molar refractivity (Wildman–Crippen MR) is 63.8 cm³/mol. The second kappa shape index (κ2) is 3.93. The van der Waals surface area contributed by atoms with Gasteiger partial charge in [0.25, 0.3) is 0 Å². The number of hydrogen-bond donors (Lipinski definition) is 0. The maximum Gasteiger partial charge on any atom is 0.139 e. The highest BCUT2D eigenvalue weighted by Gasteiger charge is 2.47. The molecule has 0 aliphatic heterocycles. The van der Waals surface area contributed by atoms with E-state index < -0.39 is 0 Å². The third-order valence-electron chi connectivity index (χ3n) is 3.55. The second-order valence-electron chi connectivity index (χ2n) is 4.91. The van der Waals surface area contributed by atoms with Gasteiger partial charge in [-0.3, -0.25) is 4.79 Å². The molecular weight excluding hydrogens is 200 g/mol. The number of Topliss-reactive ketones (excluding diaryl/α,β-unsaturated/α-hetero) is 1. The minimum absolute atomic E-state index is 0.204. The van der Waals surface area contributed by atoms with Crippen LogP contribution in [0.1, 0.15) is 38.7 Å². The normalized spacial score (nSPS) is 22.7. The monoisotopic (exact) mass is 218 g/mol. The molecule has 0 radical (unpaired) electrons. The van der Waals surface area contributed by atoms with Crippen LogP contribution in [-0.4, -0.2) is 12.4 Å². The van der Waals surface area contributed by atoms with Crippen LogP contribution < -0.4 is 4.74 Å². The molecule has 1 saturated carbocycles. The van der Waals surface area contributed by atoms with E-state index in [1.54, 1.807) is 0 Å². The summed E-state index contributed by atoms with van der Waals surface area (Å²) in [7, 11) is 0. The quantitative estimate of drug-likeness (QED) is 0.779. The standard InChI is InChI=1S/C14H18O2/c1-4-16-11-7-5-6-10(8-11)12-9-13(15)14(12,2)3/h5-8,12H,4,9H2,1-3H3. The van der Waals surface area contributed by atoms with Crippen LogP contribution in [0.5, 0.6) is 5.75 Å². The summed E-state index contributed by atoms with van der Waals surface area (Å²) >= 11 is 0. The first-order chi connectivity index (χ1) is 7.55. The fourth-order valence-corrected chi connectivity index (χ4v) is 2.29. The molecule has 1 unspecified atom stereocenters. The van der Waals surface area contributed by atoms with E-state index in [2.05, 4.69) is 12.1 Å². The molecule has 0 aromatic heterocycles. The zero-order valence-corrected chi connectivity index (χ0v) is 10.1. The molecule has 1 fully saturated rings. The van der Waals surface area contributed by atoms with Crippen molar-refractivity contribution in [1.82, 2.24) is 0 Å². The van der Waals surface area contributed by atoms with E-state index in [1.165, 1.54) is 5.56 Å². The van der Waals surface area contributed by atoms with E-state index in [4.69, 9.17) is 4.74 Å². The Kier molecular flexibility index (Phi) is 2.75. The van der Waals surface area contributed by atoms with Crippen molar-refractivity contribution >= 4 is 5.78 Å². The molecule has 2 nitrogen and oxygen atoms in total. The molecule has 0 N–H and O–H groups in total. The van der Waals surface area contributed by atoms with Crippen molar-refractivity contribution in [3.05, 3.63) is 29.8 Å². The summed E-state index contributed by atoms with van der Waals surface area (Å²) in [6.45, 7) is 6.70. The molecule has 16 heavy (non-hydrogen) atoms. The number of ether oxygens (including phenoxy) is 1. The van der Waals surface area contributed by atoms with Gasteiger partial charge in [-0.15, -0.1) is 0 Å². The lowest BCUT2D eigenvalue weighted by Crippen LogP contribution is -2.43. The average Bonchev–Trinajstić information content (AvgIpc) is 2.26.